The van der Waals surface area contributed by atoms with E-state index in [1.807, 2.05) is 0 Å². The maximum absolute atomic E-state index is 13.2. The van der Waals surface area contributed by atoms with Crippen molar-refractivity contribution in [3.8, 4) is 0 Å². The van der Waals surface area contributed by atoms with Crippen LogP contribution in [-0.4, -0.2) is 30.3 Å². The number of nitrogens with one attached hydrogen (secondary N) is 1. The van der Waals surface area contributed by atoms with Crippen molar-refractivity contribution >= 4 is 0 Å². The molecule has 0 bridgehead atoms. The van der Waals surface area contributed by atoms with Crippen molar-refractivity contribution in [1.82, 2.24) is 9.97 Å². The van der Waals surface area contributed by atoms with Gasteiger partial charge in [-0.25, -0.2) is 4.98 Å². The molecule has 0 unspecified atom stereocenters. The summed E-state index contributed by atoms with van der Waals surface area (Å²) in [6.07, 6.45) is 1.19. The standard InChI is InChI=1S/C11H15FN2O3/c1-7-8(12)9(15)14-10(13-7)11(16-2)3-5-17-6-4-11/h3-6H2,1-2H3,(H,13,14,15). The van der Waals surface area contributed by atoms with Crippen LogP contribution in [0.4, 0.5) is 4.39 Å². The lowest BCUT2D eigenvalue weighted by Gasteiger charge is -2.34. The Morgan fingerprint density at radius 1 is 1.47 bits per heavy atom. The molecule has 1 aromatic rings. The molecule has 1 aromatic heterocycles. The van der Waals surface area contributed by atoms with E-state index in [4.69, 9.17) is 9.47 Å². The molecule has 0 aliphatic carbocycles. The van der Waals surface area contributed by atoms with Crippen molar-refractivity contribution in [1.29, 1.82) is 0 Å². The molecule has 6 heteroatoms. The molecule has 1 saturated heterocycles. The number of rotatable bonds is 2. The van der Waals surface area contributed by atoms with E-state index < -0.39 is 17.0 Å². The highest BCUT2D eigenvalue weighted by Gasteiger charge is 2.37. The summed E-state index contributed by atoms with van der Waals surface area (Å²) in [6, 6.07) is 0. The number of methoxy groups -OCH3 is 1. The number of hydrogen-bond donors (Lipinski definition) is 1. The van der Waals surface area contributed by atoms with Gasteiger partial charge in [0.05, 0.1) is 5.69 Å². The van der Waals surface area contributed by atoms with Gasteiger partial charge in [0.2, 0.25) is 5.82 Å². The molecule has 1 N–H and O–H groups in total. The van der Waals surface area contributed by atoms with Crippen molar-refractivity contribution < 1.29 is 13.9 Å². The number of hydrogen-bond acceptors (Lipinski definition) is 4. The van der Waals surface area contributed by atoms with Crippen LogP contribution in [0.25, 0.3) is 0 Å². The molecule has 0 radical (unpaired) electrons. The zero-order chi connectivity index (χ0) is 12.5. The first-order valence-electron chi connectivity index (χ1n) is 5.49. The highest BCUT2D eigenvalue weighted by Crippen LogP contribution is 2.32. The van der Waals surface area contributed by atoms with Gasteiger partial charge in [0, 0.05) is 33.2 Å². The molecular weight excluding hydrogens is 227 g/mol. The van der Waals surface area contributed by atoms with Crippen molar-refractivity contribution in [2.24, 2.45) is 0 Å². The molecule has 2 heterocycles. The van der Waals surface area contributed by atoms with Crippen molar-refractivity contribution in [3.63, 3.8) is 0 Å². The Bertz CT molecular complexity index is 466. The molecule has 1 aliphatic rings. The number of aromatic nitrogens is 2. The maximum atomic E-state index is 13.2. The van der Waals surface area contributed by atoms with Crippen LogP contribution in [-0.2, 0) is 15.1 Å². The van der Waals surface area contributed by atoms with E-state index >= 15 is 0 Å². The lowest BCUT2D eigenvalue weighted by Crippen LogP contribution is -2.39. The van der Waals surface area contributed by atoms with Crippen LogP contribution in [0.1, 0.15) is 24.4 Å². The van der Waals surface area contributed by atoms with Crippen molar-refractivity contribution in [3.05, 3.63) is 27.7 Å². The Morgan fingerprint density at radius 2 is 2.12 bits per heavy atom. The number of aryl methyl sites for hydroxylation is 1. The topological polar surface area (TPSA) is 64.2 Å². The van der Waals surface area contributed by atoms with Crippen LogP contribution in [0.2, 0.25) is 0 Å². The van der Waals surface area contributed by atoms with Gasteiger partial charge >= 0.3 is 0 Å². The zero-order valence-corrected chi connectivity index (χ0v) is 9.88. The lowest BCUT2D eigenvalue weighted by molar-refractivity contribution is -0.100. The van der Waals surface area contributed by atoms with Crippen molar-refractivity contribution in [2.45, 2.75) is 25.4 Å². The summed E-state index contributed by atoms with van der Waals surface area (Å²) in [5.74, 6) is -0.459. The van der Waals surface area contributed by atoms with Gasteiger partial charge in [-0.05, 0) is 6.92 Å². The molecule has 0 atom stereocenters. The van der Waals surface area contributed by atoms with Crippen LogP contribution < -0.4 is 5.56 Å². The first-order chi connectivity index (χ1) is 8.09. The van der Waals surface area contributed by atoms with E-state index in [0.717, 1.165) is 0 Å². The van der Waals surface area contributed by atoms with Crippen LogP contribution in [0.5, 0.6) is 0 Å². The Kier molecular flexibility index (Phi) is 3.26. The molecule has 1 fully saturated rings. The SMILES string of the molecule is COC1(c2nc(C)c(F)c(=O)[nH]2)CCOCC1. The van der Waals surface area contributed by atoms with Gasteiger partial charge in [0.1, 0.15) is 11.4 Å². The summed E-state index contributed by atoms with van der Waals surface area (Å²) in [7, 11) is 1.56. The molecule has 17 heavy (non-hydrogen) atoms. The fourth-order valence-corrected chi connectivity index (χ4v) is 2.03. The summed E-state index contributed by atoms with van der Waals surface area (Å²) in [5.41, 5.74) is -1.34. The smallest absolute Gasteiger partial charge is 0.287 e. The first kappa shape index (κ1) is 12.2. The molecule has 2 rings (SSSR count). The average Bonchev–Trinajstić information content (AvgIpc) is 2.36. The summed E-state index contributed by atoms with van der Waals surface area (Å²) in [5, 5.41) is 0. The Labute approximate surface area is 98.0 Å². The van der Waals surface area contributed by atoms with Crippen LogP contribution in [0.3, 0.4) is 0 Å². The predicted molar refractivity (Wildman–Crippen MR) is 58.3 cm³/mol. The third kappa shape index (κ3) is 2.10. The van der Waals surface area contributed by atoms with Crippen LogP contribution in [0.15, 0.2) is 4.79 Å². The number of ether oxygens (including phenoxy) is 2. The highest BCUT2D eigenvalue weighted by atomic mass is 19.1. The Hall–Kier alpha value is -1.27. The highest BCUT2D eigenvalue weighted by molar-refractivity contribution is 5.10. The van der Waals surface area contributed by atoms with Gasteiger partial charge in [-0.15, -0.1) is 0 Å². The number of nitrogens with zero attached hydrogens (tertiary/aromatic N) is 1. The van der Waals surface area contributed by atoms with Crippen molar-refractivity contribution in [2.75, 3.05) is 20.3 Å². The molecule has 94 valence electrons. The molecule has 0 spiro atoms. The summed E-state index contributed by atoms with van der Waals surface area (Å²) >= 11 is 0. The lowest BCUT2D eigenvalue weighted by atomic mass is 9.93. The quantitative estimate of drug-likeness (QED) is 0.835. The number of H-pyrrole nitrogens is 1. The van der Waals surface area contributed by atoms with Gasteiger partial charge in [-0.2, -0.15) is 4.39 Å². The van der Waals surface area contributed by atoms with E-state index in [1.54, 1.807) is 7.11 Å². The molecule has 1 aliphatic heterocycles. The predicted octanol–water partition coefficient (Wildman–Crippen LogP) is 0.870. The largest absolute Gasteiger partial charge is 0.381 e. The molecular formula is C11H15FN2O3. The van der Waals surface area contributed by atoms with E-state index in [-0.39, 0.29) is 5.69 Å². The summed E-state index contributed by atoms with van der Waals surface area (Å²) in [4.78, 5) is 17.9. The molecule has 0 aromatic carbocycles. The second-order valence-electron chi connectivity index (χ2n) is 4.12. The fourth-order valence-electron chi connectivity index (χ4n) is 2.03. The van der Waals surface area contributed by atoms with E-state index in [1.165, 1.54) is 6.92 Å². The minimum absolute atomic E-state index is 0.0895. The minimum atomic E-state index is -0.841. The Morgan fingerprint density at radius 3 is 2.65 bits per heavy atom. The van der Waals surface area contributed by atoms with E-state index in [9.17, 15) is 9.18 Å². The monoisotopic (exact) mass is 242 g/mol. The van der Waals surface area contributed by atoms with E-state index in [0.29, 0.717) is 31.9 Å². The zero-order valence-electron chi connectivity index (χ0n) is 9.88. The minimum Gasteiger partial charge on any atom is -0.381 e. The average molecular weight is 242 g/mol. The van der Waals surface area contributed by atoms with Crippen LogP contribution >= 0.6 is 0 Å². The van der Waals surface area contributed by atoms with Gasteiger partial charge in [-0.1, -0.05) is 0 Å². The maximum Gasteiger partial charge on any atom is 0.287 e. The third-order valence-corrected chi connectivity index (χ3v) is 3.15. The third-order valence-electron chi connectivity index (χ3n) is 3.15. The Balaban J connectivity index is 2.47. The molecule has 0 amide bonds. The molecule has 0 saturated carbocycles. The van der Waals surface area contributed by atoms with Gasteiger partial charge in [0.25, 0.3) is 5.56 Å². The fraction of sp³-hybridized carbons (Fsp3) is 0.636. The number of aromatic amines is 1. The first-order valence-corrected chi connectivity index (χ1v) is 5.49. The van der Waals surface area contributed by atoms with Gasteiger partial charge in [-0.3, -0.25) is 4.79 Å². The molecule has 5 nitrogen and oxygen atoms in total. The summed E-state index contributed by atoms with van der Waals surface area (Å²) < 4.78 is 24.0. The van der Waals surface area contributed by atoms with Crippen LogP contribution in [0, 0.1) is 12.7 Å². The normalized spacial score (nSPS) is 19.2. The summed E-state index contributed by atoms with van der Waals surface area (Å²) in [6.45, 7) is 2.54. The van der Waals surface area contributed by atoms with E-state index in [2.05, 4.69) is 9.97 Å². The second kappa shape index (κ2) is 4.54. The van der Waals surface area contributed by atoms with Gasteiger partial charge in [0.15, 0.2) is 0 Å². The second-order valence-corrected chi connectivity index (χ2v) is 4.12. The van der Waals surface area contributed by atoms with Gasteiger partial charge < -0.3 is 14.5 Å². The number of halogens is 1.